The Morgan fingerprint density at radius 3 is 2.54 bits per heavy atom. The summed E-state index contributed by atoms with van der Waals surface area (Å²) in [5.74, 6) is -0.104. The number of fused-ring (bicyclic) bond motifs is 1. The maximum absolute atomic E-state index is 12.9. The fraction of sp³-hybridized carbons (Fsp3) is 0.357. The number of sulfonamides is 1. The van der Waals surface area contributed by atoms with Crippen molar-refractivity contribution in [2.45, 2.75) is 11.9 Å². The molecule has 0 atom stereocenters. The van der Waals surface area contributed by atoms with Gasteiger partial charge in [0.15, 0.2) is 5.03 Å². The number of hydrogen-bond acceptors (Lipinski definition) is 10. The first-order valence-corrected chi connectivity index (χ1v) is 9.85. The first-order chi connectivity index (χ1) is 13.2. The second-order valence-electron chi connectivity index (χ2n) is 5.37. The standard InChI is InChI=1S/C14H16N6O6S2/c1-7-10(12(21)26-5)11(19(2)17-7)28(22,23)18-14-16-13-15-8(24-3)6-9(25-4)20(13)27-14/h6H,1-5H3/b18-14-. The molecule has 12 nitrogen and oxygen atoms in total. The van der Waals surface area contributed by atoms with Crippen molar-refractivity contribution in [1.82, 2.24) is 23.5 Å². The molecule has 0 amide bonds. The molecule has 0 aliphatic rings. The molecule has 150 valence electrons. The average molecular weight is 428 g/mol. The molecule has 3 heterocycles. The van der Waals surface area contributed by atoms with E-state index >= 15 is 0 Å². The highest BCUT2D eigenvalue weighted by Crippen LogP contribution is 2.22. The van der Waals surface area contributed by atoms with Crippen LogP contribution in [0.3, 0.4) is 0 Å². The summed E-state index contributed by atoms with van der Waals surface area (Å²) in [4.78, 5) is 20.1. The van der Waals surface area contributed by atoms with E-state index in [1.165, 1.54) is 38.0 Å². The lowest BCUT2D eigenvalue weighted by molar-refractivity contribution is 0.0595. The van der Waals surface area contributed by atoms with E-state index < -0.39 is 21.0 Å². The Kier molecular flexibility index (Phi) is 5.08. The van der Waals surface area contributed by atoms with Gasteiger partial charge in [-0.1, -0.05) is 0 Å². The van der Waals surface area contributed by atoms with Gasteiger partial charge in [-0.2, -0.15) is 27.3 Å². The summed E-state index contributed by atoms with van der Waals surface area (Å²) in [5.41, 5.74) is 0.0229. The zero-order valence-corrected chi connectivity index (χ0v) is 17.2. The Labute approximate surface area is 163 Å². The van der Waals surface area contributed by atoms with Crippen LogP contribution in [-0.4, -0.2) is 59.3 Å². The van der Waals surface area contributed by atoms with Crippen molar-refractivity contribution in [2.75, 3.05) is 21.3 Å². The van der Waals surface area contributed by atoms with Gasteiger partial charge in [0.05, 0.1) is 33.1 Å². The number of nitrogens with zero attached hydrogens (tertiary/aromatic N) is 6. The lowest BCUT2D eigenvalue weighted by atomic mass is 10.3. The normalized spacial score (nSPS) is 12.4. The van der Waals surface area contributed by atoms with Crippen molar-refractivity contribution in [3.05, 3.63) is 22.1 Å². The molecule has 28 heavy (non-hydrogen) atoms. The van der Waals surface area contributed by atoms with Crippen LogP contribution in [0.1, 0.15) is 16.1 Å². The number of methoxy groups -OCH3 is 3. The van der Waals surface area contributed by atoms with E-state index in [0.717, 1.165) is 23.3 Å². The maximum Gasteiger partial charge on any atom is 0.342 e. The highest BCUT2D eigenvalue weighted by molar-refractivity contribution is 7.90. The van der Waals surface area contributed by atoms with Crippen LogP contribution in [0.25, 0.3) is 5.78 Å². The number of aryl methyl sites for hydroxylation is 2. The van der Waals surface area contributed by atoms with Crippen molar-refractivity contribution in [2.24, 2.45) is 11.4 Å². The van der Waals surface area contributed by atoms with E-state index in [1.54, 1.807) is 0 Å². The second-order valence-corrected chi connectivity index (χ2v) is 7.80. The van der Waals surface area contributed by atoms with Gasteiger partial charge in [0.1, 0.15) is 5.56 Å². The largest absolute Gasteiger partial charge is 0.481 e. The van der Waals surface area contributed by atoms with Gasteiger partial charge >= 0.3 is 16.0 Å². The molecule has 14 heteroatoms. The van der Waals surface area contributed by atoms with Gasteiger partial charge in [0.25, 0.3) is 5.78 Å². The highest BCUT2D eigenvalue weighted by Gasteiger charge is 2.30. The van der Waals surface area contributed by atoms with Crippen LogP contribution >= 0.6 is 11.5 Å². The quantitative estimate of drug-likeness (QED) is 0.511. The predicted octanol–water partition coefficient (Wildman–Crippen LogP) is -0.0739. The van der Waals surface area contributed by atoms with Crippen LogP contribution in [0, 0.1) is 6.92 Å². The van der Waals surface area contributed by atoms with Gasteiger partial charge in [-0.25, -0.2) is 4.79 Å². The molecule has 0 unspecified atom stereocenters. The number of esters is 1. The summed E-state index contributed by atoms with van der Waals surface area (Å²) >= 11 is 0.893. The first-order valence-electron chi connectivity index (χ1n) is 7.63. The summed E-state index contributed by atoms with van der Waals surface area (Å²) in [6, 6.07) is 1.52. The van der Waals surface area contributed by atoms with Gasteiger partial charge in [-0.3, -0.25) is 4.68 Å². The molecular formula is C14H16N6O6S2. The summed E-state index contributed by atoms with van der Waals surface area (Å²) in [7, 11) is 1.08. The number of ether oxygens (including phenoxy) is 3. The molecule has 0 aliphatic carbocycles. The second kappa shape index (κ2) is 7.20. The molecule has 3 aromatic rings. The van der Waals surface area contributed by atoms with Crippen LogP contribution in [0.2, 0.25) is 0 Å². The van der Waals surface area contributed by atoms with E-state index in [4.69, 9.17) is 9.47 Å². The Morgan fingerprint density at radius 2 is 1.93 bits per heavy atom. The third-order valence-electron chi connectivity index (χ3n) is 3.63. The van der Waals surface area contributed by atoms with Gasteiger partial charge in [0.2, 0.25) is 16.6 Å². The number of aromatic nitrogens is 5. The van der Waals surface area contributed by atoms with Gasteiger partial charge in [-0.15, -0.1) is 4.40 Å². The van der Waals surface area contributed by atoms with Crippen molar-refractivity contribution in [3.8, 4) is 11.8 Å². The molecule has 0 aromatic carbocycles. The Balaban J connectivity index is 2.23. The van der Waals surface area contributed by atoms with Crippen LogP contribution in [0.4, 0.5) is 0 Å². The highest BCUT2D eigenvalue weighted by atomic mass is 32.2. The molecule has 3 rings (SSSR count). The molecule has 0 N–H and O–H groups in total. The van der Waals surface area contributed by atoms with Crippen molar-refractivity contribution < 1.29 is 27.4 Å². The van der Waals surface area contributed by atoms with E-state index in [-0.39, 0.29) is 27.7 Å². The number of hydrogen-bond donors (Lipinski definition) is 0. The molecule has 0 spiro atoms. The molecule has 0 bridgehead atoms. The molecule has 0 radical (unpaired) electrons. The van der Waals surface area contributed by atoms with Crippen LogP contribution in [-0.2, 0) is 21.8 Å². The fourth-order valence-corrected chi connectivity index (χ4v) is 4.77. The summed E-state index contributed by atoms with van der Waals surface area (Å²) < 4.78 is 47.0. The maximum atomic E-state index is 12.9. The average Bonchev–Trinajstić information content (AvgIpc) is 3.18. The van der Waals surface area contributed by atoms with Crippen LogP contribution in [0.5, 0.6) is 11.8 Å². The monoisotopic (exact) mass is 428 g/mol. The summed E-state index contributed by atoms with van der Waals surface area (Å²) in [6.07, 6.45) is 0. The third kappa shape index (κ3) is 3.31. The van der Waals surface area contributed by atoms with Crippen molar-refractivity contribution in [1.29, 1.82) is 0 Å². The summed E-state index contributed by atoms with van der Waals surface area (Å²) in [6.45, 7) is 1.50. The smallest absolute Gasteiger partial charge is 0.342 e. The molecule has 0 saturated carbocycles. The molecule has 0 fully saturated rings. The molecule has 0 saturated heterocycles. The van der Waals surface area contributed by atoms with Crippen LogP contribution < -0.4 is 14.3 Å². The molecule has 3 aromatic heterocycles. The number of carbonyl (C=O) groups is 1. The van der Waals surface area contributed by atoms with E-state index in [1.807, 2.05) is 0 Å². The van der Waals surface area contributed by atoms with Crippen molar-refractivity contribution >= 4 is 33.3 Å². The van der Waals surface area contributed by atoms with E-state index in [0.29, 0.717) is 5.88 Å². The van der Waals surface area contributed by atoms with Gasteiger partial charge in [0, 0.05) is 7.05 Å². The minimum Gasteiger partial charge on any atom is -0.481 e. The van der Waals surface area contributed by atoms with Crippen LogP contribution in [0.15, 0.2) is 15.5 Å². The molecular weight excluding hydrogens is 412 g/mol. The lowest BCUT2D eigenvalue weighted by Gasteiger charge is -2.03. The van der Waals surface area contributed by atoms with Crippen molar-refractivity contribution in [3.63, 3.8) is 0 Å². The number of carbonyl (C=O) groups excluding carboxylic acids is 1. The SMILES string of the molecule is COC(=O)c1c(C)nn(C)c1S(=O)(=O)/N=c1/nc2nc(OC)cc(OC)n2s1. The van der Waals surface area contributed by atoms with Gasteiger partial charge < -0.3 is 14.2 Å². The fourth-order valence-electron chi connectivity index (χ4n) is 2.48. The van der Waals surface area contributed by atoms with E-state index in [2.05, 4.69) is 24.2 Å². The number of rotatable bonds is 5. The molecule has 0 aliphatic heterocycles. The summed E-state index contributed by atoms with van der Waals surface area (Å²) in [5, 5.41) is 3.60. The Bertz CT molecular complexity index is 1240. The minimum absolute atomic E-state index is 0.117. The zero-order chi connectivity index (χ0) is 20.6. The predicted molar refractivity (Wildman–Crippen MR) is 96.0 cm³/mol. The third-order valence-corrected chi connectivity index (χ3v) is 5.99. The van der Waals surface area contributed by atoms with E-state index in [9.17, 15) is 13.2 Å². The Morgan fingerprint density at radius 1 is 1.21 bits per heavy atom. The topological polar surface area (TPSA) is 139 Å². The first kappa shape index (κ1) is 19.8. The zero-order valence-electron chi connectivity index (χ0n) is 15.5. The van der Waals surface area contributed by atoms with Gasteiger partial charge in [-0.05, 0) is 18.5 Å². The minimum atomic E-state index is -4.33. The Hall–Kier alpha value is -3.00. The lowest BCUT2D eigenvalue weighted by Crippen LogP contribution is -2.14.